The molecule has 0 unspecified atom stereocenters. The van der Waals surface area contributed by atoms with Gasteiger partial charge in [-0.25, -0.2) is 0 Å². The van der Waals surface area contributed by atoms with E-state index in [1.807, 2.05) is 45.0 Å². The fourth-order valence-corrected chi connectivity index (χ4v) is 5.70. The number of aryl methyl sites for hydroxylation is 1. The Morgan fingerprint density at radius 3 is 2.11 bits per heavy atom. The summed E-state index contributed by atoms with van der Waals surface area (Å²) in [6, 6.07) is 17.8. The molecule has 0 bridgehead atoms. The Bertz CT molecular complexity index is 1630. The number of thiophene rings is 1. The highest BCUT2D eigenvalue weighted by molar-refractivity contribution is 7.22. The van der Waals surface area contributed by atoms with Gasteiger partial charge in [0, 0.05) is 21.4 Å². The van der Waals surface area contributed by atoms with E-state index in [1.54, 1.807) is 28.0 Å². The van der Waals surface area contributed by atoms with E-state index in [0.29, 0.717) is 16.8 Å². The van der Waals surface area contributed by atoms with Crippen molar-refractivity contribution < 1.29 is 14.4 Å². The number of Topliss-reactive ketones (excluding diaryl/α,β-unsaturated/α-hetero) is 2. The van der Waals surface area contributed by atoms with E-state index in [9.17, 15) is 14.4 Å². The summed E-state index contributed by atoms with van der Waals surface area (Å²) >= 11 is 1.60. The Morgan fingerprint density at radius 1 is 0.838 bits per heavy atom. The first-order valence-electron chi connectivity index (χ1n) is 12.5. The van der Waals surface area contributed by atoms with Crippen LogP contribution < -0.4 is 0 Å². The van der Waals surface area contributed by atoms with Gasteiger partial charge in [-0.3, -0.25) is 19.0 Å². The van der Waals surface area contributed by atoms with Crippen molar-refractivity contribution in [2.75, 3.05) is 0 Å². The number of hydrogen-bond donors (Lipinski definition) is 0. The van der Waals surface area contributed by atoms with Crippen LogP contribution in [-0.4, -0.2) is 22.0 Å². The average molecular weight is 510 g/mol. The van der Waals surface area contributed by atoms with Gasteiger partial charge in [0.15, 0.2) is 11.6 Å². The number of fused-ring (bicyclic) bond motifs is 2. The molecule has 5 rings (SSSR count). The van der Waals surface area contributed by atoms with Crippen molar-refractivity contribution in [1.82, 2.24) is 4.57 Å². The summed E-state index contributed by atoms with van der Waals surface area (Å²) in [5, 5.41) is 0. The van der Waals surface area contributed by atoms with Gasteiger partial charge in [-0.2, -0.15) is 0 Å². The van der Waals surface area contributed by atoms with Crippen molar-refractivity contribution in [3.05, 3.63) is 88.1 Å². The van der Waals surface area contributed by atoms with E-state index >= 15 is 0 Å². The molecule has 0 aliphatic heterocycles. The molecule has 37 heavy (non-hydrogen) atoms. The van der Waals surface area contributed by atoms with Gasteiger partial charge >= 0.3 is 0 Å². The largest absolute Gasteiger partial charge is 0.288 e. The smallest absolute Gasteiger partial charge is 0.236 e. The molecule has 0 N–H and O–H groups in total. The Morgan fingerprint density at radius 2 is 1.49 bits per heavy atom. The molecule has 0 fully saturated rings. The number of nitrogens with zero attached hydrogens (tertiary/aromatic N) is 1. The van der Waals surface area contributed by atoms with Crippen LogP contribution in [-0.2, 0) is 5.41 Å². The zero-order valence-corrected chi connectivity index (χ0v) is 23.2. The molecule has 1 aliphatic rings. The van der Waals surface area contributed by atoms with Crippen LogP contribution in [0.5, 0.6) is 0 Å². The van der Waals surface area contributed by atoms with E-state index < -0.39 is 5.41 Å². The number of hydrogen-bond acceptors (Lipinski definition) is 4. The quantitative estimate of drug-likeness (QED) is 0.202. The minimum Gasteiger partial charge on any atom is -0.288 e. The van der Waals surface area contributed by atoms with Crippen LogP contribution in [0.1, 0.15) is 83.9 Å². The molecule has 0 spiro atoms. The van der Waals surface area contributed by atoms with Crippen molar-refractivity contribution in [2.24, 2.45) is 5.41 Å². The Hall–Kier alpha value is -3.57. The first-order valence-corrected chi connectivity index (χ1v) is 13.3. The van der Waals surface area contributed by atoms with E-state index in [2.05, 4.69) is 52.0 Å². The van der Waals surface area contributed by atoms with Crippen molar-refractivity contribution in [1.29, 1.82) is 0 Å². The standard InChI is InChI=1S/C32H31NO3S/c1-18-8-10-19(11-9-18)26-17-25-27(37-26)16-21(33(25)30(36)32(5,6)7)15-24-28(34)22-13-12-20(31(2,3)4)14-23(22)29(24)35/h8-17H,1-7H3/b24-15-. The highest BCUT2D eigenvalue weighted by Gasteiger charge is 2.35. The molecule has 0 saturated carbocycles. The molecule has 0 saturated heterocycles. The molecule has 0 radical (unpaired) electrons. The molecule has 1 aliphatic carbocycles. The van der Waals surface area contributed by atoms with Crippen molar-refractivity contribution in [2.45, 2.75) is 53.9 Å². The lowest BCUT2D eigenvalue weighted by molar-refractivity contribution is 0.0771. The predicted octanol–water partition coefficient (Wildman–Crippen LogP) is 8.12. The number of carbonyl (C=O) groups is 3. The zero-order chi connectivity index (χ0) is 26.9. The van der Waals surface area contributed by atoms with Gasteiger partial charge < -0.3 is 0 Å². The number of benzene rings is 2. The van der Waals surface area contributed by atoms with Gasteiger partial charge in [0.1, 0.15) is 0 Å². The molecular formula is C32H31NO3S. The maximum atomic E-state index is 13.6. The number of rotatable bonds is 2. The summed E-state index contributed by atoms with van der Waals surface area (Å²) < 4.78 is 2.60. The van der Waals surface area contributed by atoms with Gasteiger partial charge in [0.2, 0.25) is 5.91 Å². The Labute approximate surface area is 221 Å². The molecule has 188 valence electrons. The molecule has 2 aromatic heterocycles. The summed E-state index contributed by atoms with van der Waals surface area (Å²) in [7, 11) is 0. The topological polar surface area (TPSA) is 56.1 Å². The average Bonchev–Trinajstić information content (AvgIpc) is 3.44. The SMILES string of the molecule is Cc1ccc(-c2cc3c(cc(/C=C4/C(=O)c5ccc(C(C)(C)C)cc5C4=O)n3C(=O)C(C)(C)C)s2)cc1. The van der Waals surface area contributed by atoms with Crippen LogP contribution in [0.15, 0.2) is 60.2 Å². The van der Waals surface area contributed by atoms with Crippen LogP contribution >= 0.6 is 11.3 Å². The third-order valence-corrected chi connectivity index (χ3v) is 7.98. The van der Waals surface area contributed by atoms with Crippen LogP contribution in [0.2, 0.25) is 0 Å². The fourth-order valence-electron chi connectivity index (χ4n) is 4.61. The number of ketones is 2. The lowest BCUT2D eigenvalue weighted by atomic mass is 9.85. The molecule has 2 aromatic carbocycles. The van der Waals surface area contributed by atoms with Gasteiger partial charge in [0.05, 0.1) is 21.5 Å². The minimum absolute atomic E-state index is 0.0898. The third kappa shape index (κ3) is 4.31. The highest BCUT2D eigenvalue weighted by Crippen LogP contribution is 2.39. The summed E-state index contributed by atoms with van der Waals surface area (Å²) in [6.45, 7) is 13.9. The van der Waals surface area contributed by atoms with Crippen LogP contribution in [0, 0.1) is 12.3 Å². The van der Waals surface area contributed by atoms with Gasteiger partial charge in [0.25, 0.3) is 0 Å². The Kier molecular flexibility index (Phi) is 5.76. The maximum Gasteiger partial charge on any atom is 0.236 e. The first-order chi connectivity index (χ1) is 17.3. The van der Waals surface area contributed by atoms with Crippen molar-refractivity contribution in [3.8, 4) is 10.4 Å². The minimum atomic E-state index is -0.653. The molecule has 0 atom stereocenters. The fraction of sp³-hybridized carbons (Fsp3) is 0.281. The highest BCUT2D eigenvalue weighted by atomic mass is 32.1. The zero-order valence-electron chi connectivity index (χ0n) is 22.4. The first kappa shape index (κ1) is 25.1. The van der Waals surface area contributed by atoms with E-state index in [1.165, 1.54) is 5.56 Å². The lowest BCUT2D eigenvalue weighted by Gasteiger charge is -2.19. The van der Waals surface area contributed by atoms with Crippen molar-refractivity contribution in [3.63, 3.8) is 0 Å². The molecule has 4 nitrogen and oxygen atoms in total. The van der Waals surface area contributed by atoms with E-state index in [4.69, 9.17) is 0 Å². The van der Waals surface area contributed by atoms with Gasteiger partial charge in [-0.05, 0) is 53.8 Å². The molecule has 4 aromatic rings. The summed E-state index contributed by atoms with van der Waals surface area (Å²) in [4.78, 5) is 41.4. The Balaban J connectivity index is 1.65. The number of allylic oxidation sites excluding steroid dienone is 1. The monoisotopic (exact) mass is 509 g/mol. The maximum absolute atomic E-state index is 13.6. The summed E-state index contributed by atoms with van der Waals surface area (Å²) in [5.41, 5.74) is 4.80. The second kappa shape index (κ2) is 8.49. The van der Waals surface area contributed by atoms with E-state index in [0.717, 1.165) is 26.2 Å². The van der Waals surface area contributed by atoms with Gasteiger partial charge in [-0.1, -0.05) is 77.4 Å². The lowest BCUT2D eigenvalue weighted by Crippen LogP contribution is -2.27. The summed E-state index contributed by atoms with van der Waals surface area (Å²) in [5.74, 6) is -0.668. The number of carbonyl (C=O) groups excluding carboxylic acids is 3. The van der Waals surface area contributed by atoms with Gasteiger partial charge in [-0.15, -0.1) is 11.3 Å². The van der Waals surface area contributed by atoms with Crippen LogP contribution in [0.25, 0.3) is 26.7 Å². The predicted molar refractivity (Wildman–Crippen MR) is 152 cm³/mol. The third-order valence-electron chi connectivity index (χ3n) is 6.86. The van der Waals surface area contributed by atoms with Crippen LogP contribution in [0.4, 0.5) is 0 Å². The second-order valence-corrected chi connectivity index (χ2v) is 13.0. The molecule has 0 amide bonds. The molecular weight excluding hydrogens is 478 g/mol. The number of aromatic nitrogens is 1. The normalized spacial score (nSPS) is 15.2. The molecule has 5 heteroatoms. The van der Waals surface area contributed by atoms with E-state index in [-0.39, 0.29) is 28.5 Å². The van der Waals surface area contributed by atoms with Crippen LogP contribution in [0.3, 0.4) is 0 Å². The summed E-state index contributed by atoms with van der Waals surface area (Å²) in [6.07, 6.45) is 1.60. The molecule has 2 heterocycles. The second-order valence-electron chi connectivity index (χ2n) is 11.9. The van der Waals surface area contributed by atoms with Crippen molar-refractivity contribution >= 4 is 45.1 Å².